The van der Waals surface area contributed by atoms with Gasteiger partial charge in [-0.1, -0.05) is 6.92 Å². The van der Waals surface area contributed by atoms with Crippen molar-refractivity contribution < 1.29 is 9.90 Å². The maximum absolute atomic E-state index is 11.4. The second-order valence-corrected chi connectivity index (χ2v) is 4.52. The summed E-state index contributed by atoms with van der Waals surface area (Å²) in [7, 11) is 0. The van der Waals surface area contributed by atoms with Crippen LogP contribution in [0.15, 0.2) is 0 Å². The van der Waals surface area contributed by atoms with Crippen LogP contribution in [0.2, 0.25) is 0 Å². The highest BCUT2D eigenvalue weighted by molar-refractivity contribution is 7.98. The second kappa shape index (κ2) is 9.00. The number of carbonyl (C=O) groups is 1. The van der Waals surface area contributed by atoms with Gasteiger partial charge in [-0.3, -0.25) is 4.79 Å². The van der Waals surface area contributed by atoms with Crippen molar-refractivity contribution in [3.05, 3.63) is 0 Å². The monoisotopic (exact) mass is 234 g/mol. The van der Waals surface area contributed by atoms with Crippen LogP contribution in [0.4, 0.5) is 0 Å². The van der Waals surface area contributed by atoms with Gasteiger partial charge in [-0.2, -0.15) is 11.8 Å². The van der Waals surface area contributed by atoms with Crippen LogP contribution in [-0.2, 0) is 4.79 Å². The molecule has 0 heterocycles. The number of carbonyl (C=O) groups excluding carboxylic acids is 1. The van der Waals surface area contributed by atoms with Crippen molar-refractivity contribution in [3.63, 3.8) is 0 Å². The van der Waals surface area contributed by atoms with Crippen LogP contribution in [0.25, 0.3) is 0 Å². The van der Waals surface area contributed by atoms with Gasteiger partial charge in [0.2, 0.25) is 5.91 Å². The molecule has 0 aliphatic rings. The lowest BCUT2D eigenvalue weighted by atomic mass is 10.2. The fourth-order valence-corrected chi connectivity index (χ4v) is 1.56. The summed E-state index contributed by atoms with van der Waals surface area (Å²) >= 11 is 1.68. The molecule has 4 N–H and O–H groups in total. The normalized spacial score (nSPS) is 14.7. The Morgan fingerprint density at radius 1 is 1.53 bits per heavy atom. The van der Waals surface area contributed by atoms with Crippen molar-refractivity contribution in [1.82, 2.24) is 5.32 Å². The molecule has 0 aliphatic carbocycles. The largest absolute Gasteiger partial charge is 0.393 e. The van der Waals surface area contributed by atoms with Crippen LogP contribution in [-0.4, -0.2) is 41.7 Å². The van der Waals surface area contributed by atoms with E-state index < -0.39 is 6.04 Å². The predicted molar refractivity (Wildman–Crippen MR) is 64.9 cm³/mol. The van der Waals surface area contributed by atoms with Crippen molar-refractivity contribution in [2.45, 2.75) is 38.3 Å². The number of nitrogens with two attached hydrogens (primary N) is 1. The van der Waals surface area contributed by atoms with Gasteiger partial charge in [0, 0.05) is 6.54 Å². The molecule has 0 saturated heterocycles. The molecule has 1 amide bonds. The van der Waals surface area contributed by atoms with Crippen LogP contribution < -0.4 is 11.1 Å². The van der Waals surface area contributed by atoms with Gasteiger partial charge in [-0.15, -0.1) is 0 Å². The molecule has 0 rings (SSSR count). The topological polar surface area (TPSA) is 75.3 Å². The Morgan fingerprint density at radius 2 is 2.20 bits per heavy atom. The molecule has 0 fully saturated rings. The zero-order chi connectivity index (χ0) is 11.7. The lowest BCUT2D eigenvalue weighted by Gasteiger charge is -2.12. The zero-order valence-electron chi connectivity index (χ0n) is 9.53. The number of thioether (sulfide) groups is 1. The van der Waals surface area contributed by atoms with Crippen LogP contribution in [0.1, 0.15) is 26.2 Å². The number of amides is 1. The fourth-order valence-electron chi connectivity index (χ4n) is 1.07. The summed E-state index contributed by atoms with van der Waals surface area (Å²) in [6.45, 7) is 2.41. The summed E-state index contributed by atoms with van der Waals surface area (Å²) in [5.41, 5.74) is 5.66. The summed E-state index contributed by atoms with van der Waals surface area (Å²) in [5, 5.41) is 12.0. The van der Waals surface area contributed by atoms with E-state index in [0.29, 0.717) is 25.8 Å². The van der Waals surface area contributed by atoms with Gasteiger partial charge in [0.1, 0.15) is 0 Å². The molecule has 0 radical (unpaired) electrons. The lowest BCUT2D eigenvalue weighted by Crippen LogP contribution is -2.41. The Kier molecular flexibility index (Phi) is 8.85. The van der Waals surface area contributed by atoms with E-state index in [9.17, 15) is 9.90 Å². The van der Waals surface area contributed by atoms with E-state index >= 15 is 0 Å². The molecule has 0 saturated carbocycles. The summed E-state index contributed by atoms with van der Waals surface area (Å²) < 4.78 is 0. The van der Waals surface area contributed by atoms with E-state index in [2.05, 4.69) is 5.32 Å². The van der Waals surface area contributed by atoms with E-state index in [1.807, 2.05) is 13.2 Å². The van der Waals surface area contributed by atoms with Gasteiger partial charge in [0.05, 0.1) is 12.1 Å². The van der Waals surface area contributed by atoms with Crippen molar-refractivity contribution in [1.29, 1.82) is 0 Å². The highest BCUT2D eigenvalue weighted by atomic mass is 32.2. The molecule has 0 aromatic rings. The predicted octanol–water partition coefficient (Wildman–Crippen LogP) is 0.344. The van der Waals surface area contributed by atoms with Gasteiger partial charge >= 0.3 is 0 Å². The Balaban J connectivity index is 3.55. The van der Waals surface area contributed by atoms with Gasteiger partial charge in [-0.25, -0.2) is 0 Å². The maximum Gasteiger partial charge on any atom is 0.236 e. The molecular formula is C10H22N2O2S. The van der Waals surface area contributed by atoms with Crippen LogP contribution in [0.5, 0.6) is 0 Å². The van der Waals surface area contributed by atoms with Gasteiger partial charge in [-0.05, 0) is 31.3 Å². The van der Waals surface area contributed by atoms with E-state index in [0.717, 1.165) is 5.75 Å². The Labute approximate surface area is 96.0 Å². The number of aliphatic hydroxyl groups is 1. The minimum absolute atomic E-state index is 0.118. The van der Waals surface area contributed by atoms with Crippen LogP contribution in [0.3, 0.4) is 0 Å². The molecule has 0 aromatic carbocycles. The third kappa shape index (κ3) is 7.64. The number of hydrogen-bond acceptors (Lipinski definition) is 4. The van der Waals surface area contributed by atoms with Gasteiger partial charge in [0.15, 0.2) is 0 Å². The first-order valence-electron chi connectivity index (χ1n) is 5.32. The molecule has 1 unspecified atom stereocenters. The first-order valence-corrected chi connectivity index (χ1v) is 6.71. The summed E-state index contributed by atoms with van der Waals surface area (Å²) in [4.78, 5) is 11.4. The van der Waals surface area contributed by atoms with Gasteiger partial charge < -0.3 is 16.2 Å². The minimum atomic E-state index is -0.420. The first-order chi connectivity index (χ1) is 7.11. The van der Waals surface area contributed by atoms with Crippen molar-refractivity contribution in [2.75, 3.05) is 18.6 Å². The standard InChI is InChI=1S/C10H22N2O2S/c1-3-8(13)4-6-12-10(14)9(11)5-7-15-2/h8-9,13H,3-7,11H2,1-2H3,(H,12,14)/t8?,9-/m0/s1. The SMILES string of the molecule is CCC(O)CCNC(=O)[C@@H](N)CCSC. The lowest BCUT2D eigenvalue weighted by molar-refractivity contribution is -0.122. The van der Waals surface area contributed by atoms with E-state index in [1.165, 1.54) is 0 Å². The Bertz CT molecular complexity index is 179. The van der Waals surface area contributed by atoms with Crippen LogP contribution >= 0.6 is 11.8 Å². The minimum Gasteiger partial charge on any atom is -0.393 e. The molecule has 4 nitrogen and oxygen atoms in total. The molecule has 2 atom stereocenters. The zero-order valence-corrected chi connectivity index (χ0v) is 10.3. The average molecular weight is 234 g/mol. The number of aliphatic hydroxyl groups excluding tert-OH is 1. The quantitative estimate of drug-likeness (QED) is 0.566. The summed E-state index contributed by atoms with van der Waals surface area (Å²) in [6, 6.07) is -0.420. The Hall–Kier alpha value is -0.260. The maximum atomic E-state index is 11.4. The van der Waals surface area contributed by atoms with Crippen molar-refractivity contribution in [2.24, 2.45) is 5.73 Å². The van der Waals surface area contributed by atoms with E-state index in [4.69, 9.17) is 5.73 Å². The van der Waals surface area contributed by atoms with Crippen LogP contribution in [0, 0.1) is 0 Å². The third-order valence-electron chi connectivity index (χ3n) is 2.22. The molecule has 0 aliphatic heterocycles. The molecule has 0 aromatic heterocycles. The van der Waals surface area contributed by atoms with E-state index in [1.54, 1.807) is 11.8 Å². The number of hydrogen-bond donors (Lipinski definition) is 3. The Morgan fingerprint density at radius 3 is 2.73 bits per heavy atom. The fraction of sp³-hybridized carbons (Fsp3) is 0.900. The van der Waals surface area contributed by atoms with Gasteiger partial charge in [0.25, 0.3) is 0 Å². The third-order valence-corrected chi connectivity index (χ3v) is 2.86. The summed E-state index contributed by atoms with van der Waals surface area (Å²) in [5.74, 6) is 0.777. The molecule has 5 heteroatoms. The second-order valence-electron chi connectivity index (χ2n) is 3.53. The summed E-state index contributed by atoms with van der Waals surface area (Å²) in [6.07, 6.45) is 3.67. The van der Waals surface area contributed by atoms with Crippen molar-refractivity contribution >= 4 is 17.7 Å². The molecule has 0 spiro atoms. The van der Waals surface area contributed by atoms with Crippen molar-refractivity contribution in [3.8, 4) is 0 Å². The highest BCUT2D eigenvalue weighted by Crippen LogP contribution is 1.99. The first kappa shape index (κ1) is 14.7. The number of nitrogens with one attached hydrogen (secondary N) is 1. The molecule has 15 heavy (non-hydrogen) atoms. The molecule has 0 bridgehead atoms. The average Bonchev–Trinajstić information content (AvgIpc) is 2.25. The number of rotatable bonds is 8. The molecular weight excluding hydrogens is 212 g/mol. The highest BCUT2D eigenvalue weighted by Gasteiger charge is 2.12. The molecule has 90 valence electrons. The van der Waals surface area contributed by atoms with E-state index in [-0.39, 0.29) is 12.0 Å². The smallest absolute Gasteiger partial charge is 0.236 e.